The molecule has 0 saturated carbocycles. The van der Waals surface area contributed by atoms with Gasteiger partial charge >= 0.3 is 0 Å². The molecule has 0 unspecified atom stereocenters. The van der Waals surface area contributed by atoms with Crippen molar-refractivity contribution in [2.75, 3.05) is 0 Å². The van der Waals surface area contributed by atoms with Crippen molar-refractivity contribution in [1.29, 1.82) is 0 Å². The molecule has 6 nitrogen and oxygen atoms in total. The van der Waals surface area contributed by atoms with E-state index in [0.29, 0.717) is 17.6 Å². The summed E-state index contributed by atoms with van der Waals surface area (Å²) >= 11 is 0. The molecule has 4 aromatic heterocycles. The molecule has 0 N–H and O–H groups in total. The van der Waals surface area contributed by atoms with Gasteiger partial charge in [-0.15, -0.1) is 0 Å². The first kappa shape index (κ1) is 39.1. The van der Waals surface area contributed by atoms with Crippen molar-refractivity contribution in [3.8, 4) is 79.2 Å². The van der Waals surface area contributed by atoms with Crippen LogP contribution in [0.5, 0.6) is 0 Å². The summed E-state index contributed by atoms with van der Waals surface area (Å²) in [5.41, 5.74) is 15.6. The highest BCUT2D eigenvalue weighted by atomic mass is 15.2. The maximum atomic E-state index is 5.30. The quantitative estimate of drug-likeness (QED) is 0.153. The molecule has 0 aliphatic carbocycles. The lowest BCUT2D eigenvalue weighted by Crippen LogP contribution is -2.07. The lowest BCUT2D eigenvalue weighted by atomic mass is 9.98. The summed E-state index contributed by atoms with van der Waals surface area (Å²) in [7, 11) is 0. The third kappa shape index (κ3) is 6.74. The van der Waals surface area contributed by atoms with Gasteiger partial charge in [-0.25, -0.2) is 9.97 Å². The molecule has 6 heteroatoms. The third-order valence-electron chi connectivity index (χ3n) is 13.0. The highest BCUT2D eigenvalue weighted by molar-refractivity contribution is 6.23. The summed E-state index contributed by atoms with van der Waals surface area (Å²) < 4.78 is 4.67. The van der Waals surface area contributed by atoms with E-state index >= 15 is 0 Å². The fraction of sp³-hybridized carbons (Fsp3) is 0. The highest BCUT2D eigenvalue weighted by Crippen LogP contribution is 2.42. The molecule has 68 heavy (non-hydrogen) atoms. The van der Waals surface area contributed by atoms with Crippen LogP contribution in [0, 0.1) is 0 Å². The lowest BCUT2D eigenvalue weighted by molar-refractivity contribution is 0.953. The maximum Gasteiger partial charge on any atom is 0.238 e. The van der Waals surface area contributed by atoms with E-state index in [0.717, 1.165) is 94.1 Å². The van der Waals surface area contributed by atoms with Crippen LogP contribution in [-0.2, 0) is 0 Å². The molecule has 318 valence electrons. The van der Waals surface area contributed by atoms with E-state index in [1.54, 1.807) is 0 Å². The zero-order chi connectivity index (χ0) is 45.0. The van der Waals surface area contributed by atoms with Crippen molar-refractivity contribution in [3.63, 3.8) is 0 Å². The van der Waals surface area contributed by atoms with Crippen molar-refractivity contribution in [2.24, 2.45) is 0 Å². The largest absolute Gasteiger partial charge is 0.307 e. The Morgan fingerprint density at radius 2 is 0.676 bits per heavy atom. The van der Waals surface area contributed by atoms with Crippen molar-refractivity contribution in [1.82, 2.24) is 29.1 Å². The van der Waals surface area contributed by atoms with E-state index in [-0.39, 0.29) is 0 Å². The molecule has 0 fully saturated rings. The Balaban J connectivity index is 1.05. The van der Waals surface area contributed by atoms with Gasteiger partial charge in [-0.05, 0) is 58.7 Å². The van der Waals surface area contributed by atoms with Crippen LogP contribution in [0.25, 0.3) is 123 Å². The van der Waals surface area contributed by atoms with E-state index < -0.39 is 0 Å². The Hall–Kier alpha value is -9.26. The van der Waals surface area contributed by atoms with Gasteiger partial charge in [0, 0.05) is 49.5 Å². The fourth-order valence-corrected chi connectivity index (χ4v) is 9.76. The van der Waals surface area contributed by atoms with Gasteiger partial charge < -0.3 is 4.57 Å². The predicted octanol–water partition coefficient (Wildman–Crippen LogP) is 15.5. The monoisotopic (exact) mass is 868 g/mol. The second-order valence-electron chi connectivity index (χ2n) is 17.1. The Morgan fingerprint density at radius 1 is 0.250 bits per heavy atom. The lowest BCUT2D eigenvalue weighted by Gasteiger charge is -2.15. The summed E-state index contributed by atoms with van der Waals surface area (Å²) in [6.07, 6.45) is 0. The van der Waals surface area contributed by atoms with Gasteiger partial charge in [-0.2, -0.15) is 9.97 Å². The zero-order valence-electron chi connectivity index (χ0n) is 36.8. The highest BCUT2D eigenvalue weighted by Gasteiger charge is 2.24. The average molecular weight is 869 g/mol. The van der Waals surface area contributed by atoms with E-state index in [9.17, 15) is 0 Å². The Labute approximate surface area is 392 Å². The van der Waals surface area contributed by atoms with Crippen molar-refractivity contribution >= 4 is 43.6 Å². The SMILES string of the molecule is c1ccc(-c2ccc(-c3cc(-c4cccc(-n5c6ccccc6c6ccc7c8ccccc8n(-c8nc(-c9ccccc9)nc(-c9ccccc9)n8)c7c65)c4)cc(-c4ccccc4)n3)cc2)cc1. The molecular formula is C62H40N6. The molecule has 0 spiro atoms. The number of benzene rings is 9. The molecule has 13 rings (SSSR count). The summed E-state index contributed by atoms with van der Waals surface area (Å²) in [6, 6.07) is 85.2. The van der Waals surface area contributed by atoms with E-state index in [2.05, 4.69) is 209 Å². The van der Waals surface area contributed by atoms with Crippen molar-refractivity contribution in [2.45, 2.75) is 0 Å². The van der Waals surface area contributed by atoms with Gasteiger partial charge in [0.15, 0.2) is 11.6 Å². The number of aromatic nitrogens is 6. The molecule has 0 aliphatic rings. The van der Waals surface area contributed by atoms with Crippen LogP contribution >= 0.6 is 0 Å². The molecule has 0 bridgehead atoms. The maximum absolute atomic E-state index is 5.30. The van der Waals surface area contributed by atoms with Crippen LogP contribution in [0.1, 0.15) is 0 Å². The summed E-state index contributed by atoms with van der Waals surface area (Å²) in [5.74, 6) is 1.77. The first-order valence-corrected chi connectivity index (χ1v) is 22.9. The normalized spacial score (nSPS) is 11.5. The number of rotatable bonds is 8. The second kappa shape index (κ2) is 16.3. The number of hydrogen-bond acceptors (Lipinski definition) is 4. The number of hydrogen-bond donors (Lipinski definition) is 0. The van der Waals surface area contributed by atoms with Crippen LogP contribution in [-0.4, -0.2) is 29.1 Å². The van der Waals surface area contributed by atoms with Crippen LogP contribution in [0.4, 0.5) is 0 Å². The Bertz CT molecular complexity index is 3930. The molecule has 0 amide bonds. The minimum absolute atomic E-state index is 0.552. The third-order valence-corrected chi connectivity index (χ3v) is 13.0. The molecule has 0 aliphatic heterocycles. The predicted molar refractivity (Wildman–Crippen MR) is 279 cm³/mol. The van der Waals surface area contributed by atoms with Gasteiger partial charge in [-0.3, -0.25) is 4.57 Å². The Kier molecular flexibility index (Phi) is 9.39. The van der Waals surface area contributed by atoms with Gasteiger partial charge in [0.2, 0.25) is 5.95 Å². The summed E-state index contributed by atoms with van der Waals surface area (Å²) in [6.45, 7) is 0. The fourth-order valence-electron chi connectivity index (χ4n) is 9.76. The van der Waals surface area contributed by atoms with E-state index in [4.69, 9.17) is 19.9 Å². The van der Waals surface area contributed by atoms with Gasteiger partial charge in [-0.1, -0.05) is 206 Å². The number of pyridine rings is 1. The van der Waals surface area contributed by atoms with Crippen LogP contribution in [0.3, 0.4) is 0 Å². The number of fused-ring (bicyclic) bond motifs is 7. The van der Waals surface area contributed by atoms with Crippen LogP contribution in [0.15, 0.2) is 243 Å². The molecule has 9 aromatic carbocycles. The Morgan fingerprint density at radius 3 is 1.25 bits per heavy atom. The molecule has 0 radical (unpaired) electrons. The van der Waals surface area contributed by atoms with Crippen molar-refractivity contribution in [3.05, 3.63) is 243 Å². The van der Waals surface area contributed by atoms with E-state index in [1.807, 2.05) is 42.5 Å². The van der Waals surface area contributed by atoms with Gasteiger partial charge in [0.05, 0.1) is 33.5 Å². The minimum atomic E-state index is 0.552. The van der Waals surface area contributed by atoms with Gasteiger partial charge in [0.1, 0.15) is 0 Å². The summed E-state index contributed by atoms with van der Waals surface area (Å²) in [5, 5.41) is 4.53. The number of nitrogens with zero attached hydrogens (tertiary/aromatic N) is 6. The minimum Gasteiger partial charge on any atom is -0.307 e. The standard InChI is InChI=1S/C62H40N6/c1-5-18-41(19-6-1)42-32-34-44(35-33-42)55-40-48(39-54(63-55)43-20-7-2-8-21-43)47-26-17-27-49(38-47)67-56-30-15-13-28-50(56)52-36-37-53-51-29-14-16-31-57(51)68(59(53)58(52)67)62-65-60(45-22-9-3-10-23-45)64-61(66-62)46-24-11-4-12-25-46/h1-40H. The second-order valence-corrected chi connectivity index (χ2v) is 17.1. The number of para-hydroxylation sites is 2. The molecule has 0 saturated heterocycles. The van der Waals surface area contributed by atoms with Crippen LogP contribution in [0.2, 0.25) is 0 Å². The van der Waals surface area contributed by atoms with Crippen molar-refractivity contribution < 1.29 is 0 Å². The zero-order valence-corrected chi connectivity index (χ0v) is 36.8. The van der Waals surface area contributed by atoms with E-state index in [1.165, 1.54) is 11.1 Å². The molecular weight excluding hydrogens is 829 g/mol. The summed E-state index contributed by atoms with van der Waals surface area (Å²) in [4.78, 5) is 20.9. The topological polar surface area (TPSA) is 61.4 Å². The smallest absolute Gasteiger partial charge is 0.238 e. The van der Waals surface area contributed by atoms with Gasteiger partial charge in [0.25, 0.3) is 0 Å². The molecule has 0 atom stereocenters. The molecule has 13 aromatic rings. The molecule has 4 heterocycles. The first-order valence-electron chi connectivity index (χ1n) is 22.9. The average Bonchev–Trinajstić information content (AvgIpc) is 3.95. The van der Waals surface area contributed by atoms with Crippen LogP contribution < -0.4 is 0 Å². The first-order chi connectivity index (χ1) is 33.7.